The Kier molecular flexibility index (Phi) is 4.10. The van der Waals surface area contributed by atoms with Gasteiger partial charge in [0.25, 0.3) is 0 Å². The summed E-state index contributed by atoms with van der Waals surface area (Å²) in [7, 11) is 0. The number of carbonyl (C=O) groups excluding carboxylic acids is 1. The maximum absolute atomic E-state index is 12.1. The van der Waals surface area contributed by atoms with Crippen LogP contribution in [0.4, 0.5) is 0 Å². The highest BCUT2D eigenvalue weighted by Crippen LogP contribution is 2.48. The molecule has 2 fully saturated rings. The number of aliphatic hydroxyl groups is 1. The Hall–Kier alpha value is -1.29. The second-order valence-corrected chi connectivity index (χ2v) is 6.30. The molecule has 3 rings (SSSR count). The lowest BCUT2D eigenvalue weighted by Crippen LogP contribution is -2.45. The summed E-state index contributed by atoms with van der Waals surface area (Å²) in [5.74, 6) is 1.68. The fraction of sp³-hybridized carbons (Fsp3) is 0.688. The van der Waals surface area contributed by atoms with E-state index in [0.717, 1.165) is 13.0 Å². The van der Waals surface area contributed by atoms with Gasteiger partial charge in [-0.2, -0.15) is 0 Å². The lowest BCUT2D eigenvalue weighted by Gasteiger charge is -2.30. The summed E-state index contributed by atoms with van der Waals surface area (Å²) in [6, 6.07) is 4.22. The van der Waals surface area contributed by atoms with Crippen LogP contribution in [-0.4, -0.2) is 28.2 Å². The fourth-order valence-electron chi connectivity index (χ4n) is 4.10. The zero-order chi connectivity index (χ0) is 13.9. The number of hydrogen-bond donors (Lipinski definition) is 2. The Bertz CT molecular complexity index is 443. The second kappa shape index (κ2) is 6.00. The number of amides is 1. The Labute approximate surface area is 120 Å². The molecule has 20 heavy (non-hydrogen) atoms. The highest BCUT2D eigenvalue weighted by Gasteiger charge is 2.47. The van der Waals surface area contributed by atoms with Gasteiger partial charge in [-0.15, -0.1) is 0 Å². The number of nitrogens with zero attached hydrogens (tertiary/aromatic N) is 1. The average Bonchev–Trinajstić information content (AvgIpc) is 3.15. The molecule has 1 heterocycles. The van der Waals surface area contributed by atoms with Crippen molar-refractivity contribution in [3.63, 3.8) is 0 Å². The van der Waals surface area contributed by atoms with Gasteiger partial charge in [-0.1, -0.05) is 0 Å². The standard InChI is InChI=1S/C16H24N2O2/c19-11-14-12-5-6-13(10-12)16(14)17-15(20)4-3-9-18-7-1-2-8-18/h1-2,7-8,12-14,16,19H,3-6,9-11H2,(H,17,20). The summed E-state index contributed by atoms with van der Waals surface area (Å²) in [5, 5.41) is 12.7. The molecular weight excluding hydrogens is 252 g/mol. The number of aliphatic hydroxyl groups excluding tert-OH is 1. The predicted molar refractivity (Wildman–Crippen MR) is 77.0 cm³/mol. The summed E-state index contributed by atoms with van der Waals surface area (Å²) >= 11 is 0. The molecule has 2 saturated carbocycles. The van der Waals surface area contributed by atoms with E-state index >= 15 is 0 Å². The van der Waals surface area contributed by atoms with E-state index in [1.807, 2.05) is 24.5 Å². The minimum Gasteiger partial charge on any atom is -0.396 e. The molecule has 2 aliphatic rings. The molecule has 0 saturated heterocycles. The van der Waals surface area contributed by atoms with Crippen LogP contribution in [0, 0.1) is 17.8 Å². The Morgan fingerprint density at radius 2 is 2.00 bits per heavy atom. The third-order valence-corrected chi connectivity index (χ3v) is 5.11. The van der Waals surface area contributed by atoms with Gasteiger partial charge in [0.15, 0.2) is 0 Å². The highest BCUT2D eigenvalue weighted by atomic mass is 16.3. The number of nitrogens with one attached hydrogen (secondary N) is 1. The normalized spacial score (nSPS) is 31.6. The van der Waals surface area contributed by atoms with Gasteiger partial charge in [0.2, 0.25) is 5.91 Å². The van der Waals surface area contributed by atoms with Gasteiger partial charge in [0, 0.05) is 43.9 Å². The van der Waals surface area contributed by atoms with Crippen LogP contribution in [0.5, 0.6) is 0 Å². The number of carbonyl (C=O) groups is 1. The SMILES string of the molecule is O=C(CCCn1cccc1)NC1C2CCC(C2)C1CO. The minimum absolute atomic E-state index is 0.146. The van der Waals surface area contributed by atoms with Crippen LogP contribution in [0.1, 0.15) is 32.1 Å². The summed E-state index contributed by atoms with van der Waals surface area (Å²) < 4.78 is 2.10. The second-order valence-electron chi connectivity index (χ2n) is 6.30. The van der Waals surface area contributed by atoms with E-state index < -0.39 is 0 Å². The summed E-state index contributed by atoms with van der Waals surface area (Å²) in [6.45, 7) is 1.11. The molecule has 1 aromatic heterocycles. The third kappa shape index (κ3) is 2.75. The molecule has 4 heteroatoms. The molecule has 2 aliphatic carbocycles. The van der Waals surface area contributed by atoms with E-state index in [1.54, 1.807) is 0 Å². The van der Waals surface area contributed by atoms with Crippen molar-refractivity contribution in [2.24, 2.45) is 17.8 Å². The van der Waals surface area contributed by atoms with Crippen LogP contribution in [-0.2, 0) is 11.3 Å². The quantitative estimate of drug-likeness (QED) is 0.832. The van der Waals surface area contributed by atoms with Crippen LogP contribution < -0.4 is 5.32 Å². The first-order valence-corrected chi connectivity index (χ1v) is 7.79. The van der Waals surface area contributed by atoms with Crippen LogP contribution >= 0.6 is 0 Å². The number of hydrogen-bond acceptors (Lipinski definition) is 2. The van der Waals surface area contributed by atoms with E-state index in [0.29, 0.717) is 24.2 Å². The maximum atomic E-state index is 12.1. The van der Waals surface area contributed by atoms with E-state index in [1.165, 1.54) is 19.3 Å². The molecule has 2 N–H and O–H groups in total. The molecular formula is C16H24N2O2. The molecule has 1 aromatic rings. The zero-order valence-electron chi connectivity index (χ0n) is 11.9. The third-order valence-electron chi connectivity index (χ3n) is 5.11. The van der Waals surface area contributed by atoms with Crippen molar-refractivity contribution >= 4 is 5.91 Å². The smallest absolute Gasteiger partial charge is 0.220 e. The van der Waals surface area contributed by atoms with Crippen molar-refractivity contribution < 1.29 is 9.90 Å². The van der Waals surface area contributed by atoms with Crippen molar-refractivity contribution in [1.29, 1.82) is 0 Å². The number of fused-ring (bicyclic) bond motifs is 2. The van der Waals surface area contributed by atoms with Crippen molar-refractivity contribution in [2.75, 3.05) is 6.61 Å². The van der Waals surface area contributed by atoms with Gasteiger partial charge in [0.1, 0.15) is 0 Å². The fourth-order valence-corrected chi connectivity index (χ4v) is 4.10. The summed E-state index contributed by atoms with van der Waals surface area (Å²) in [4.78, 5) is 12.1. The maximum Gasteiger partial charge on any atom is 0.220 e. The summed E-state index contributed by atoms with van der Waals surface area (Å²) in [5.41, 5.74) is 0. The molecule has 0 spiro atoms. The van der Waals surface area contributed by atoms with Gasteiger partial charge < -0.3 is 15.0 Å². The van der Waals surface area contributed by atoms with Gasteiger partial charge in [-0.05, 0) is 49.7 Å². The minimum atomic E-state index is 0.146. The molecule has 4 nitrogen and oxygen atoms in total. The van der Waals surface area contributed by atoms with Crippen molar-refractivity contribution in [1.82, 2.24) is 9.88 Å². The van der Waals surface area contributed by atoms with Gasteiger partial charge in [-0.3, -0.25) is 4.79 Å². The van der Waals surface area contributed by atoms with Crippen LogP contribution in [0.15, 0.2) is 24.5 Å². The lowest BCUT2D eigenvalue weighted by molar-refractivity contribution is -0.122. The topological polar surface area (TPSA) is 54.3 Å². The monoisotopic (exact) mass is 276 g/mol. The average molecular weight is 276 g/mol. The first-order chi connectivity index (χ1) is 9.78. The van der Waals surface area contributed by atoms with Crippen LogP contribution in [0.25, 0.3) is 0 Å². The molecule has 1 amide bonds. The largest absolute Gasteiger partial charge is 0.396 e. The molecule has 0 aliphatic heterocycles. The van der Waals surface area contributed by atoms with Crippen molar-refractivity contribution in [3.8, 4) is 0 Å². The molecule has 4 atom stereocenters. The number of aromatic nitrogens is 1. The molecule has 110 valence electrons. The molecule has 0 aromatic carbocycles. The summed E-state index contributed by atoms with van der Waals surface area (Å²) in [6.07, 6.45) is 9.13. The lowest BCUT2D eigenvalue weighted by atomic mass is 9.85. The van der Waals surface area contributed by atoms with E-state index in [9.17, 15) is 9.90 Å². The molecule has 2 bridgehead atoms. The molecule has 0 radical (unpaired) electrons. The first-order valence-electron chi connectivity index (χ1n) is 7.79. The van der Waals surface area contributed by atoms with Gasteiger partial charge in [-0.25, -0.2) is 0 Å². The van der Waals surface area contributed by atoms with Crippen molar-refractivity contribution in [2.45, 2.75) is 44.7 Å². The number of rotatable bonds is 6. The Morgan fingerprint density at radius 1 is 1.25 bits per heavy atom. The van der Waals surface area contributed by atoms with Gasteiger partial charge in [0.05, 0.1) is 0 Å². The van der Waals surface area contributed by atoms with E-state index in [4.69, 9.17) is 0 Å². The zero-order valence-corrected chi connectivity index (χ0v) is 11.9. The molecule has 4 unspecified atom stereocenters. The highest BCUT2D eigenvalue weighted by molar-refractivity contribution is 5.76. The van der Waals surface area contributed by atoms with E-state index in [2.05, 4.69) is 9.88 Å². The van der Waals surface area contributed by atoms with Crippen LogP contribution in [0.3, 0.4) is 0 Å². The Balaban J connectivity index is 1.44. The predicted octanol–water partition coefficient (Wildman–Crippen LogP) is 1.79. The first kappa shape index (κ1) is 13.7. The number of aryl methyl sites for hydroxylation is 1. The van der Waals surface area contributed by atoms with E-state index in [-0.39, 0.29) is 18.6 Å². The van der Waals surface area contributed by atoms with Crippen molar-refractivity contribution in [3.05, 3.63) is 24.5 Å². The Morgan fingerprint density at radius 3 is 2.75 bits per heavy atom. The van der Waals surface area contributed by atoms with Crippen LogP contribution in [0.2, 0.25) is 0 Å². The van der Waals surface area contributed by atoms with Gasteiger partial charge >= 0.3 is 0 Å².